The van der Waals surface area contributed by atoms with E-state index in [0.717, 1.165) is 5.56 Å². The lowest BCUT2D eigenvalue weighted by Crippen LogP contribution is -2.22. The van der Waals surface area contributed by atoms with Gasteiger partial charge in [0.05, 0.1) is 5.69 Å². The zero-order valence-electron chi connectivity index (χ0n) is 7.63. The molecule has 1 amide bonds. The van der Waals surface area contributed by atoms with E-state index in [2.05, 4.69) is 5.32 Å². The van der Waals surface area contributed by atoms with E-state index in [9.17, 15) is 4.79 Å². The number of nitrogens with two attached hydrogens (primary N) is 1. The monoisotopic (exact) mass is 180 g/mol. The van der Waals surface area contributed by atoms with Crippen LogP contribution in [0.25, 0.3) is 0 Å². The van der Waals surface area contributed by atoms with Crippen LogP contribution >= 0.6 is 0 Å². The SMILES string of the molecule is CNC(=O)Oc1cccc(C)c1N. The molecular formula is C9H12N2O2. The van der Waals surface area contributed by atoms with Crippen molar-refractivity contribution in [3.63, 3.8) is 0 Å². The van der Waals surface area contributed by atoms with Crippen molar-refractivity contribution in [3.8, 4) is 5.75 Å². The Kier molecular flexibility index (Phi) is 2.74. The average molecular weight is 180 g/mol. The molecular weight excluding hydrogens is 168 g/mol. The summed E-state index contributed by atoms with van der Waals surface area (Å²) >= 11 is 0. The molecule has 0 aliphatic carbocycles. The molecule has 0 aliphatic heterocycles. The van der Waals surface area contributed by atoms with Gasteiger partial charge in [-0.25, -0.2) is 4.79 Å². The fraction of sp³-hybridized carbons (Fsp3) is 0.222. The molecule has 0 saturated heterocycles. The molecule has 3 N–H and O–H groups in total. The van der Waals surface area contributed by atoms with Crippen LogP contribution in [-0.4, -0.2) is 13.1 Å². The summed E-state index contributed by atoms with van der Waals surface area (Å²) < 4.78 is 4.90. The number of para-hydroxylation sites is 1. The van der Waals surface area contributed by atoms with E-state index in [4.69, 9.17) is 10.5 Å². The molecule has 0 fully saturated rings. The number of carbonyl (C=O) groups is 1. The quantitative estimate of drug-likeness (QED) is 0.640. The maximum atomic E-state index is 10.9. The van der Waals surface area contributed by atoms with Gasteiger partial charge in [-0.1, -0.05) is 12.1 Å². The van der Waals surface area contributed by atoms with Crippen LogP contribution in [0.1, 0.15) is 5.56 Å². The van der Waals surface area contributed by atoms with Gasteiger partial charge in [0.1, 0.15) is 0 Å². The van der Waals surface area contributed by atoms with Crippen molar-refractivity contribution in [2.45, 2.75) is 6.92 Å². The average Bonchev–Trinajstić information content (AvgIpc) is 2.13. The van der Waals surface area contributed by atoms with Crippen LogP contribution in [0.4, 0.5) is 10.5 Å². The fourth-order valence-electron chi connectivity index (χ4n) is 0.894. The number of nitrogens with one attached hydrogen (secondary N) is 1. The van der Waals surface area contributed by atoms with Crippen molar-refractivity contribution in [3.05, 3.63) is 23.8 Å². The molecule has 0 heterocycles. The molecule has 0 spiro atoms. The molecule has 0 atom stereocenters. The highest BCUT2D eigenvalue weighted by molar-refractivity contribution is 5.73. The van der Waals surface area contributed by atoms with Gasteiger partial charge in [0, 0.05) is 7.05 Å². The van der Waals surface area contributed by atoms with Crippen molar-refractivity contribution >= 4 is 11.8 Å². The summed E-state index contributed by atoms with van der Waals surface area (Å²) in [5, 5.41) is 2.34. The minimum Gasteiger partial charge on any atom is -0.408 e. The Hall–Kier alpha value is -1.71. The normalized spacial score (nSPS) is 9.38. The highest BCUT2D eigenvalue weighted by Crippen LogP contribution is 2.24. The van der Waals surface area contributed by atoms with Gasteiger partial charge in [-0.15, -0.1) is 0 Å². The van der Waals surface area contributed by atoms with Gasteiger partial charge in [0.25, 0.3) is 0 Å². The Morgan fingerprint density at radius 2 is 2.23 bits per heavy atom. The number of nitrogen functional groups attached to an aromatic ring is 1. The maximum Gasteiger partial charge on any atom is 0.412 e. The first-order valence-corrected chi connectivity index (χ1v) is 3.90. The van der Waals surface area contributed by atoms with Gasteiger partial charge in [-0.3, -0.25) is 0 Å². The summed E-state index contributed by atoms with van der Waals surface area (Å²) in [4.78, 5) is 10.9. The van der Waals surface area contributed by atoms with E-state index in [1.165, 1.54) is 7.05 Å². The third-order valence-corrected chi connectivity index (χ3v) is 1.69. The van der Waals surface area contributed by atoms with E-state index in [0.29, 0.717) is 11.4 Å². The summed E-state index contributed by atoms with van der Waals surface area (Å²) in [6.07, 6.45) is -0.516. The van der Waals surface area contributed by atoms with E-state index in [-0.39, 0.29) is 0 Å². The maximum absolute atomic E-state index is 10.9. The van der Waals surface area contributed by atoms with Crippen LogP contribution in [0.3, 0.4) is 0 Å². The highest BCUT2D eigenvalue weighted by atomic mass is 16.6. The Labute approximate surface area is 76.7 Å². The Morgan fingerprint density at radius 3 is 2.85 bits per heavy atom. The second kappa shape index (κ2) is 3.80. The first-order chi connectivity index (χ1) is 6.15. The van der Waals surface area contributed by atoms with Gasteiger partial charge in [-0.05, 0) is 18.6 Å². The first kappa shape index (κ1) is 9.38. The molecule has 4 heteroatoms. The van der Waals surface area contributed by atoms with Crippen LogP contribution in [-0.2, 0) is 0 Å². The summed E-state index contributed by atoms with van der Waals surface area (Å²) in [5.41, 5.74) is 7.06. The summed E-state index contributed by atoms with van der Waals surface area (Å²) in [6.45, 7) is 1.85. The smallest absolute Gasteiger partial charge is 0.408 e. The van der Waals surface area contributed by atoms with Crippen LogP contribution in [0.2, 0.25) is 0 Å². The first-order valence-electron chi connectivity index (χ1n) is 3.90. The Balaban J connectivity index is 2.89. The van der Waals surface area contributed by atoms with Crippen molar-refractivity contribution in [2.75, 3.05) is 12.8 Å². The van der Waals surface area contributed by atoms with Crippen molar-refractivity contribution in [1.82, 2.24) is 5.32 Å². The third kappa shape index (κ3) is 2.11. The highest BCUT2D eigenvalue weighted by Gasteiger charge is 2.06. The number of benzene rings is 1. The number of anilines is 1. The zero-order valence-corrected chi connectivity index (χ0v) is 7.63. The summed E-state index contributed by atoms with van der Waals surface area (Å²) in [6, 6.07) is 5.29. The lowest BCUT2D eigenvalue weighted by Gasteiger charge is -2.07. The number of hydrogen-bond acceptors (Lipinski definition) is 3. The number of ether oxygens (including phenoxy) is 1. The molecule has 0 radical (unpaired) electrons. The number of rotatable bonds is 1. The third-order valence-electron chi connectivity index (χ3n) is 1.69. The van der Waals surface area contributed by atoms with Crippen LogP contribution in [0, 0.1) is 6.92 Å². The van der Waals surface area contributed by atoms with Crippen molar-refractivity contribution < 1.29 is 9.53 Å². The van der Waals surface area contributed by atoms with Gasteiger partial charge >= 0.3 is 6.09 Å². The predicted octanol–water partition coefficient (Wildman–Crippen LogP) is 1.30. The summed E-state index contributed by atoms with van der Waals surface area (Å²) in [5.74, 6) is 0.388. The molecule has 1 aromatic rings. The standard InChI is InChI=1S/C9H12N2O2/c1-6-4-3-5-7(8(6)10)13-9(12)11-2/h3-5H,10H2,1-2H3,(H,11,12). The lowest BCUT2D eigenvalue weighted by atomic mass is 10.2. The van der Waals surface area contributed by atoms with Gasteiger partial charge in [0.15, 0.2) is 5.75 Å². The Morgan fingerprint density at radius 1 is 1.54 bits per heavy atom. The molecule has 70 valence electrons. The summed E-state index contributed by atoms with van der Waals surface area (Å²) in [7, 11) is 1.49. The molecule has 0 aromatic heterocycles. The van der Waals surface area contributed by atoms with E-state index < -0.39 is 6.09 Å². The van der Waals surface area contributed by atoms with Crippen LogP contribution in [0.15, 0.2) is 18.2 Å². The van der Waals surface area contributed by atoms with Crippen LogP contribution < -0.4 is 15.8 Å². The molecule has 4 nitrogen and oxygen atoms in total. The Bertz CT molecular complexity index is 323. The number of aryl methyl sites for hydroxylation is 1. The van der Waals surface area contributed by atoms with Crippen LogP contribution in [0.5, 0.6) is 5.75 Å². The number of amides is 1. The lowest BCUT2D eigenvalue weighted by molar-refractivity contribution is 0.203. The van der Waals surface area contributed by atoms with Crippen molar-refractivity contribution in [1.29, 1.82) is 0 Å². The molecule has 1 rings (SSSR count). The molecule has 0 saturated carbocycles. The molecule has 13 heavy (non-hydrogen) atoms. The second-order valence-corrected chi connectivity index (χ2v) is 2.63. The molecule has 0 aliphatic rings. The fourth-order valence-corrected chi connectivity index (χ4v) is 0.894. The molecule has 0 bridgehead atoms. The van der Waals surface area contributed by atoms with Gasteiger partial charge < -0.3 is 15.8 Å². The van der Waals surface area contributed by atoms with E-state index in [1.54, 1.807) is 12.1 Å². The molecule has 0 unspecified atom stereocenters. The molecule has 1 aromatic carbocycles. The largest absolute Gasteiger partial charge is 0.412 e. The van der Waals surface area contributed by atoms with Crippen molar-refractivity contribution in [2.24, 2.45) is 0 Å². The van der Waals surface area contributed by atoms with Gasteiger partial charge in [0.2, 0.25) is 0 Å². The second-order valence-electron chi connectivity index (χ2n) is 2.63. The van der Waals surface area contributed by atoms with Gasteiger partial charge in [-0.2, -0.15) is 0 Å². The predicted molar refractivity (Wildman–Crippen MR) is 50.7 cm³/mol. The minimum atomic E-state index is -0.516. The topological polar surface area (TPSA) is 64.3 Å². The zero-order chi connectivity index (χ0) is 9.84. The number of hydrogen-bond donors (Lipinski definition) is 2. The van der Waals surface area contributed by atoms with E-state index in [1.807, 2.05) is 13.0 Å². The van der Waals surface area contributed by atoms with E-state index >= 15 is 0 Å². The minimum absolute atomic E-state index is 0.388. The number of carbonyl (C=O) groups excluding carboxylic acids is 1.